The van der Waals surface area contributed by atoms with Gasteiger partial charge in [0.15, 0.2) is 18.1 Å². The van der Waals surface area contributed by atoms with Gasteiger partial charge in [0, 0.05) is 0 Å². The van der Waals surface area contributed by atoms with Crippen molar-refractivity contribution in [1.29, 1.82) is 0 Å². The lowest BCUT2D eigenvalue weighted by atomic mass is 10.1. The molecule has 0 amide bonds. The summed E-state index contributed by atoms with van der Waals surface area (Å²) in [6.07, 6.45) is 0. The van der Waals surface area contributed by atoms with Gasteiger partial charge >= 0.3 is 0 Å². The first-order valence-electron chi connectivity index (χ1n) is 7.43. The quantitative estimate of drug-likeness (QED) is 0.781. The fraction of sp³-hybridized carbons (Fsp3) is 0.250. The van der Waals surface area contributed by atoms with Gasteiger partial charge in [0.1, 0.15) is 0 Å². The monoisotopic (exact) mass is 334 g/mol. The first-order chi connectivity index (χ1) is 10.1. The first-order valence-corrected chi connectivity index (χ1v) is 14.1. The molecule has 0 spiro atoms. The van der Waals surface area contributed by atoms with Crippen molar-refractivity contribution in [2.45, 2.75) is 26.2 Å². The van der Waals surface area contributed by atoms with E-state index in [-0.39, 0.29) is 0 Å². The molecular weight excluding hydrogens is 308 g/mol. The molecule has 2 rings (SSSR count). The maximum absolute atomic E-state index is 5.44. The van der Waals surface area contributed by atoms with Crippen molar-refractivity contribution >= 4 is 28.1 Å². The molecule has 2 aromatic rings. The van der Waals surface area contributed by atoms with Crippen LogP contribution >= 0.6 is 0 Å². The lowest BCUT2D eigenvalue weighted by Crippen LogP contribution is -2.19. The van der Waals surface area contributed by atoms with Crippen LogP contribution in [-0.4, -0.2) is 28.1 Å². The normalized spacial score (nSPS) is 10.4. The lowest BCUT2D eigenvalue weighted by molar-refractivity contribution is 0.479. The average molecular weight is 335 g/mol. The summed E-state index contributed by atoms with van der Waals surface area (Å²) in [4.78, 5) is 0. The van der Waals surface area contributed by atoms with E-state index in [2.05, 4.69) is 74.7 Å². The van der Waals surface area contributed by atoms with Gasteiger partial charge < -0.3 is 8.23 Å². The summed E-state index contributed by atoms with van der Waals surface area (Å²) in [6.45, 7) is 8.72. The van der Waals surface area contributed by atoms with Crippen LogP contribution in [0.4, 0.5) is 0 Å². The largest absolute Gasteiger partial charge is 0.444 e. The van der Waals surface area contributed by atoms with Crippen molar-refractivity contribution in [2.24, 2.45) is 0 Å². The van der Waals surface area contributed by atoms with Gasteiger partial charge in [-0.05, 0) is 37.3 Å². The maximum Gasteiger partial charge on any atom is 0.283 e. The molecule has 0 aliphatic carbocycles. The van der Waals surface area contributed by atoms with Crippen LogP contribution in [0.5, 0.6) is 0 Å². The molecule has 0 aliphatic heterocycles. The zero-order valence-electron chi connectivity index (χ0n) is 13.5. The standard InChI is InChI=1S/C12H10.C4H16O2Si3/c1-3-7-11(8-4-1)12-9-5-2-6-10-12;1-8(2)5-7-6-9(3)4/h1-10H;8-9H,7H2,1-4H3. The Hall–Kier alpha value is -0.989. The van der Waals surface area contributed by atoms with Gasteiger partial charge in [0.05, 0.1) is 0 Å². The highest BCUT2D eigenvalue weighted by atomic mass is 28.4. The molecule has 0 N–H and O–H groups in total. The fourth-order valence-electron chi connectivity index (χ4n) is 1.57. The van der Waals surface area contributed by atoms with Crippen molar-refractivity contribution < 1.29 is 8.23 Å². The molecule has 0 saturated carbocycles. The van der Waals surface area contributed by atoms with Crippen LogP contribution in [0.3, 0.4) is 0 Å². The van der Waals surface area contributed by atoms with E-state index in [1.807, 2.05) is 12.1 Å². The van der Waals surface area contributed by atoms with Crippen molar-refractivity contribution in [3.63, 3.8) is 0 Å². The van der Waals surface area contributed by atoms with E-state index in [9.17, 15) is 0 Å². The van der Waals surface area contributed by atoms with Crippen LogP contribution in [0.2, 0.25) is 26.2 Å². The minimum Gasteiger partial charge on any atom is -0.444 e. The van der Waals surface area contributed by atoms with Crippen LogP contribution in [0.1, 0.15) is 0 Å². The minimum atomic E-state index is -0.770. The van der Waals surface area contributed by atoms with Gasteiger partial charge in [-0.25, -0.2) is 0 Å². The molecule has 0 saturated heterocycles. The van der Waals surface area contributed by atoms with Crippen molar-refractivity contribution in [3.05, 3.63) is 60.7 Å². The summed E-state index contributed by atoms with van der Waals surface area (Å²) in [5.74, 6) is 0. The zero-order chi connectivity index (χ0) is 15.5. The maximum atomic E-state index is 5.44. The molecule has 21 heavy (non-hydrogen) atoms. The zero-order valence-corrected chi connectivity index (χ0v) is 17.2. The van der Waals surface area contributed by atoms with Gasteiger partial charge in [-0.2, -0.15) is 0 Å². The molecule has 0 unspecified atom stereocenters. The average Bonchev–Trinajstić information content (AvgIpc) is 2.49. The van der Waals surface area contributed by atoms with Gasteiger partial charge in [-0.3, -0.25) is 0 Å². The highest BCUT2D eigenvalue weighted by molar-refractivity contribution is 6.59. The molecule has 0 aromatic heterocycles. The molecule has 2 aromatic carbocycles. The molecule has 2 nitrogen and oxygen atoms in total. The Balaban J connectivity index is 0.000000222. The fourth-order valence-corrected chi connectivity index (χ4v) is 4.77. The summed E-state index contributed by atoms with van der Waals surface area (Å²) in [5.41, 5.74) is 2.55. The van der Waals surface area contributed by atoms with Gasteiger partial charge in [0.2, 0.25) is 0 Å². The van der Waals surface area contributed by atoms with Gasteiger partial charge in [-0.15, -0.1) is 0 Å². The molecule has 0 heterocycles. The molecule has 0 bridgehead atoms. The molecule has 0 radical (unpaired) electrons. The SMILES string of the molecule is C[SiH](C)O[SiH2]O[SiH](C)C.c1ccc(-c2ccccc2)cc1. The highest BCUT2D eigenvalue weighted by Gasteiger charge is 1.97. The van der Waals surface area contributed by atoms with E-state index >= 15 is 0 Å². The number of hydrogen-bond acceptors (Lipinski definition) is 2. The van der Waals surface area contributed by atoms with Crippen LogP contribution in [0.15, 0.2) is 60.7 Å². The van der Waals surface area contributed by atoms with E-state index in [1.54, 1.807) is 0 Å². The molecule has 0 atom stereocenters. The second kappa shape index (κ2) is 10.7. The third-order valence-electron chi connectivity index (χ3n) is 2.68. The second-order valence-electron chi connectivity index (χ2n) is 5.28. The van der Waals surface area contributed by atoms with E-state index in [0.29, 0.717) is 0 Å². The van der Waals surface area contributed by atoms with Crippen molar-refractivity contribution in [2.75, 3.05) is 0 Å². The van der Waals surface area contributed by atoms with E-state index in [0.717, 1.165) is 0 Å². The van der Waals surface area contributed by atoms with E-state index in [4.69, 9.17) is 8.23 Å². The Morgan fingerprint density at radius 2 is 0.952 bits per heavy atom. The Morgan fingerprint density at radius 1 is 0.619 bits per heavy atom. The lowest BCUT2D eigenvalue weighted by Gasteiger charge is -2.08. The summed E-state index contributed by atoms with van der Waals surface area (Å²) in [6, 6.07) is 20.8. The van der Waals surface area contributed by atoms with Crippen LogP contribution in [0, 0.1) is 0 Å². The Bertz CT molecular complexity index is 430. The Labute approximate surface area is 134 Å². The number of benzene rings is 2. The highest BCUT2D eigenvalue weighted by Crippen LogP contribution is 2.17. The predicted molar refractivity (Wildman–Crippen MR) is 100 cm³/mol. The Morgan fingerprint density at radius 3 is 1.24 bits per heavy atom. The summed E-state index contributed by atoms with van der Waals surface area (Å²) in [5, 5.41) is 0. The van der Waals surface area contributed by atoms with Crippen LogP contribution in [-0.2, 0) is 8.23 Å². The summed E-state index contributed by atoms with van der Waals surface area (Å²) < 4.78 is 10.9. The Kier molecular flexibility index (Phi) is 9.20. The summed E-state index contributed by atoms with van der Waals surface area (Å²) >= 11 is 0. The van der Waals surface area contributed by atoms with Crippen molar-refractivity contribution in [3.8, 4) is 11.1 Å². The van der Waals surface area contributed by atoms with Crippen molar-refractivity contribution in [1.82, 2.24) is 0 Å². The summed E-state index contributed by atoms with van der Waals surface area (Å²) in [7, 11) is -2.10. The van der Waals surface area contributed by atoms with Crippen LogP contribution < -0.4 is 0 Å². The third-order valence-corrected chi connectivity index (χ3v) is 9.11. The number of hydrogen-bond donors (Lipinski definition) is 0. The smallest absolute Gasteiger partial charge is 0.283 e. The second-order valence-corrected chi connectivity index (χ2v) is 12.4. The number of rotatable bonds is 5. The van der Waals surface area contributed by atoms with E-state index in [1.165, 1.54) is 11.1 Å². The minimum absolute atomic E-state index is 0.560. The molecule has 5 heteroatoms. The molecule has 114 valence electrons. The van der Waals surface area contributed by atoms with Crippen LogP contribution in [0.25, 0.3) is 11.1 Å². The molecule has 0 fully saturated rings. The van der Waals surface area contributed by atoms with Gasteiger partial charge in [-0.1, -0.05) is 60.7 Å². The molecular formula is C16H26O2Si3. The van der Waals surface area contributed by atoms with Gasteiger partial charge in [0.25, 0.3) is 10.0 Å². The third kappa shape index (κ3) is 8.79. The van der Waals surface area contributed by atoms with E-state index < -0.39 is 28.1 Å². The predicted octanol–water partition coefficient (Wildman–Crippen LogP) is 3.34. The molecule has 0 aliphatic rings. The first kappa shape index (κ1) is 18.1. The topological polar surface area (TPSA) is 18.5 Å².